The molecule has 0 aliphatic rings. The zero-order valence-electron chi connectivity index (χ0n) is 14.4. The van der Waals surface area contributed by atoms with E-state index < -0.39 is 17.7 Å². The number of rotatable bonds is 5. The highest BCUT2D eigenvalue weighted by Crippen LogP contribution is 2.18. The molecular weight excluding hydrogens is 349 g/mol. The van der Waals surface area contributed by atoms with Crippen molar-refractivity contribution in [1.82, 2.24) is 4.98 Å². The summed E-state index contributed by atoms with van der Waals surface area (Å²) >= 11 is 0. The van der Waals surface area contributed by atoms with Crippen LogP contribution in [0.3, 0.4) is 0 Å². The van der Waals surface area contributed by atoms with Crippen LogP contribution >= 0.6 is 0 Å². The van der Waals surface area contributed by atoms with Crippen molar-refractivity contribution in [3.8, 4) is 0 Å². The highest BCUT2D eigenvalue weighted by Gasteiger charge is 2.09. The molecule has 0 fully saturated rings. The van der Waals surface area contributed by atoms with Crippen LogP contribution < -0.4 is 10.6 Å². The Bertz CT molecular complexity index is 991. The molecule has 2 N–H and O–H groups in total. The topological polar surface area (TPSA) is 80.3 Å². The Morgan fingerprint density at radius 1 is 0.963 bits per heavy atom. The fraction of sp³-hybridized carbons (Fsp3) is 0.0500. The van der Waals surface area contributed by atoms with E-state index in [1.807, 2.05) is 0 Å². The number of hydrogen-bond donors (Lipinski definition) is 2. The van der Waals surface area contributed by atoms with Crippen LogP contribution in [0, 0.1) is 5.82 Å². The first-order valence-electron chi connectivity index (χ1n) is 8.03. The van der Waals surface area contributed by atoms with Crippen LogP contribution in [0.4, 0.5) is 21.6 Å². The largest absolute Gasteiger partial charge is 0.465 e. The van der Waals surface area contributed by atoms with E-state index in [0.717, 1.165) is 0 Å². The van der Waals surface area contributed by atoms with Gasteiger partial charge in [0.2, 0.25) is 0 Å². The molecule has 136 valence electrons. The fourth-order valence-electron chi connectivity index (χ4n) is 2.40. The van der Waals surface area contributed by atoms with Gasteiger partial charge in [-0.25, -0.2) is 14.2 Å². The quantitative estimate of drug-likeness (QED) is 0.668. The number of benzene rings is 2. The van der Waals surface area contributed by atoms with Crippen molar-refractivity contribution in [1.29, 1.82) is 0 Å². The summed E-state index contributed by atoms with van der Waals surface area (Å²) in [6.07, 6.45) is 1.48. The minimum atomic E-state index is -0.449. The molecule has 0 aliphatic carbocycles. The molecule has 1 heterocycles. The fourth-order valence-corrected chi connectivity index (χ4v) is 2.40. The Morgan fingerprint density at radius 2 is 1.74 bits per heavy atom. The van der Waals surface area contributed by atoms with Crippen molar-refractivity contribution < 1.29 is 18.7 Å². The maximum absolute atomic E-state index is 13.2. The van der Waals surface area contributed by atoms with Gasteiger partial charge in [-0.3, -0.25) is 4.79 Å². The highest BCUT2D eigenvalue weighted by molar-refractivity contribution is 6.04. The standard InChI is InChI=1S/C20H16FN3O3/c1-27-20(26)14-4-2-6-16(10-14)23-18-11-13(8-9-22-18)19(25)24-17-7-3-5-15(21)12-17/h2-12H,1H3,(H,22,23)(H,24,25). The number of nitrogens with one attached hydrogen (secondary N) is 2. The minimum absolute atomic E-state index is 0.348. The van der Waals surface area contributed by atoms with Crippen LogP contribution in [0.5, 0.6) is 0 Å². The normalized spacial score (nSPS) is 10.1. The van der Waals surface area contributed by atoms with Crippen molar-refractivity contribution in [2.75, 3.05) is 17.7 Å². The van der Waals surface area contributed by atoms with E-state index in [-0.39, 0.29) is 0 Å². The van der Waals surface area contributed by atoms with Gasteiger partial charge in [0.15, 0.2) is 0 Å². The van der Waals surface area contributed by atoms with E-state index in [0.29, 0.717) is 28.3 Å². The first-order valence-corrected chi connectivity index (χ1v) is 8.03. The van der Waals surface area contributed by atoms with Crippen molar-refractivity contribution in [2.24, 2.45) is 0 Å². The second-order valence-corrected chi connectivity index (χ2v) is 5.59. The molecule has 0 spiro atoms. The summed E-state index contributed by atoms with van der Waals surface area (Å²) in [5.41, 5.74) is 1.72. The van der Waals surface area contributed by atoms with Crippen molar-refractivity contribution in [2.45, 2.75) is 0 Å². The number of anilines is 3. The van der Waals surface area contributed by atoms with Gasteiger partial charge < -0.3 is 15.4 Å². The van der Waals surface area contributed by atoms with Gasteiger partial charge in [-0.15, -0.1) is 0 Å². The summed E-state index contributed by atoms with van der Waals surface area (Å²) in [6.45, 7) is 0. The van der Waals surface area contributed by atoms with E-state index in [2.05, 4.69) is 15.6 Å². The number of aromatic nitrogens is 1. The molecule has 0 radical (unpaired) electrons. The number of amides is 1. The lowest BCUT2D eigenvalue weighted by molar-refractivity contribution is 0.0600. The Hall–Kier alpha value is -3.74. The monoisotopic (exact) mass is 365 g/mol. The summed E-state index contributed by atoms with van der Waals surface area (Å²) in [4.78, 5) is 28.1. The second kappa shape index (κ2) is 8.09. The van der Waals surface area contributed by atoms with E-state index in [9.17, 15) is 14.0 Å². The molecule has 27 heavy (non-hydrogen) atoms. The number of pyridine rings is 1. The van der Waals surface area contributed by atoms with Gasteiger partial charge in [0.05, 0.1) is 12.7 Å². The van der Waals surface area contributed by atoms with E-state index in [1.165, 1.54) is 31.5 Å². The maximum Gasteiger partial charge on any atom is 0.337 e. The van der Waals surface area contributed by atoms with Crippen molar-refractivity contribution in [3.05, 3.63) is 83.8 Å². The van der Waals surface area contributed by atoms with Crippen molar-refractivity contribution in [3.63, 3.8) is 0 Å². The molecule has 0 unspecified atom stereocenters. The zero-order chi connectivity index (χ0) is 19.2. The first-order chi connectivity index (χ1) is 13.0. The SMILES string of the molecule is COC(=O)c1cccc(Nc2cc(C(=O)Nc3cccc(F)c3)ccn2)c1. The van der Waals surface area contributed by atoms with Crippen molar-refractivity contribution >= 4 is 29.1 Å². The number of halogens is 1. The predicted molar refractivity (Wildman–Crippen MR) is 99.7 cm³/mol. The van der Waals surface area contributed by atoms with Gasteiger partial charge in [-0.05, 0) is 48.5 Å². The molecule has 6 nitrogen and oxygen atoms in total. The van der Waals surface area contributed by atoms with Crippen LogP contribution in [-0.2, 0) is 4.74 Å². The number of methoxy groups -OCH3 is 1. The van der Waals surface area contributed by atoms with Gasteiger partial charge in [-0.2, -0.15) is 0 Å². The molecule has 0 atom stereocenters. The van der Waals surface area contributed by atoms with E-state index >= 15 is 0 Å². The third-order valence-electron chi connectivity index (χ3n) is 3.66. The number of carbonyl (C=O) groups excluding carboxylic acids is 2. The molecule has 1 aromatic heterocycles. The first kappa shape index (κ1) is 18.1. The number of carbonyl (C=O) groups is 2. The van der Waals surface area contributed by atoms with Gasteiger partial charge in [0.1, 0.15) is 11.6 Å². The Kier molecular flexibility index (Phi) is 5.41. The summed E-state index contributed by atoms with van der Waals surface area (Å²) in [7, 11) is 1.31. The molecule has 1 amide bonds. The molecule has 2 aromatic carbocycles. The van der Waals surface area contributed by atoms with Crippen LogP contribution in [0.1, 0.15) is 20.7 Å². The third kappa shape index (κ3) is 4.66. The van der Waals surface area contributed by atoms with Crippen LogP contribution in [-0.4, -0.2) is 24.0 Å². The second-order valence-electron chi connectivity index (χ2n) is 5.59. The van der Waals surface area contributed by atoms with Crippen LogP contribution in [0.2, 0.25) is 0 Å². The third-order valence-corrected chi connectivity index (χ3v) is 3.66. The molecular formula is C20H16FN3O3. The average Bonchev–Trinajstić information content (AvgIpc) is 2.68. The minimum Gasteiger partial charge on any atom is -0.465 e. The molecule has 3 aromatic rings. The van der Waals surface area contributed by atoms with Gasteiger partial charge in [-0.1, -0.05) is 12.1 Å². The summed E-state index contributed by atoms with van der Waals surface area (Å²) in [6, 6.07) is 15.5. The van der Waals surface area contributed by atoms with Gasteiger partial charge in [0, 0.05) is 23.1 Å². The van der Waals surface area contributed by atoms with E-state index in [4.69, 9.17) is 4.74 Å². The summed E-state index contributed by atoms with van der Waals surface area (Å²) in [5, 5.41) is 5.66. The Morgan fingerprint density at radius 3 is 2.52 bits per heavy atom. The molecule has 0 aliphatic heterocycles. The smallest absolute Gasteiger partial charge is 0.337 e. The number of esters is 1. The summed E-state index contributed by atoms with van der Waals surface area (Å²) in [5.74, 6) is -0.858. The molecule has 0 saturated carbocycles. The zero-order valence-corrected chi connectivity index (χ0v) is 14.4. The maximum atomic E-state index is 13.2. The Labute approximate surface area is 155 Å². The summed E-state index contributed by atoms with van der Waals surface area (Å²) < 4.78 is 17.9. The lowest BCUT2D eigenvalue weighted by Crippen LogP contribution is -2.12. The Balaban J connectivity index is 1.75. The van der Waals surface area contributed by atoms with Crippen LogP contribution in [0.25, 0.3) is 0 Å². The van der Waals surface area contributed by atoms with Gasteiger partial charge >= 0.3 is 5.97 Å². The van der Waals surface area contributed by atoms with E-state index in [1.54, 1.807) is 42.5 Å². The molecule has 7 heteroatoms. The lowest BCUT2D eigenvalue weighted by atomic mass is 10.2. The number of nitrogens with zero attached hydrogens (tertiary/aromatic N) is 1. The average molecular weight is 365 g/mol. The highest BCUT2D eigenvalue weighted by atomic mass is 19.1. The van der Waals surface area contributed by atoms with Crippen LogP contribution in [0.15, 0.2) is 66.9 Å². The molecule has 3 rings (SSSR count). The number of hydrogen-bond acceptors (Lipinski definition) is 5. The predicted octanol–water partition coefficient (Wildman–Crippen LogP) is 4.00. The lowest BCUT2D eigenvalue weighted by Gasteiger charge is -2.09. The number of ether oxygens (including phenoxy) is 1. The molecule has 0 bridgehead atoms. The van der Waals surface area contributed by atoms with Gasteiger partial charge in [0.25, 0.3) is 5.91 Å². The molecule has 0 saturated heterocycles.